The fraction of sp³-hybridized carbons (Fsp3) is 0.909. The summed E-state index contributed by atoms with van der Waals surface area (Å²) in [5.41, 5.74) is 5.36. The molecule has 0 spiro atoms. The van der Waals surface area contributed by atoms with Gasteiger partial charge in [0.15, 0.2) is 0 Å². The average molecular weight is 211 g/mol. The molecule has 0 aromatic rings. The first-order valence-corrected chi connectivity index (χ1v) is 5.88. The highest BCUT2D eigenvalue weighted by Crippen LogP contribution is 2.27. The lowest BCUT2D eigenvalue weighted by Crippen LogP contribution is -2.35. The zero-order valence-corrected chi connectivity index (χ0v) is 9.48. The molecule has 0 bridgehead atoms. The lowest BCUT2D eigenvalue weighted by atomic mass is 10.1. The number of likely N-dealkylation sites (tertiary alicyclic amines) is 1. The van der Waals surface area contributed by atoms with E-state index < -0.39 is 0 Å². The van der Waals surface area contributed by atoms with Gasteiger partial charge in [0.25, 0.3) is 0 Å². The van der Waals surface area contributed by atoms with E-state index in [2.05, 4.69) is 11.9 Å². The summed E-state index contributed by atoms with van der Waals surface area (Å²) in [6, 6.07) is 0.823. The average Bonchev–Trinajstić information content (AvgIpc) is 2.99. The topological polar surface area (TPSA) is 49.6 Å². The number of nitrogens with zero attached hydrogens (tertiary/aromatic N) is 2. The second kappa shape index (κ2) is 4.49. The number of carbonyl (C=O) groups excluding carboxylic acids is 1. The number of hydrogen-bond acceptors (Lipinski definition) is 3. The molecule has 1 saturated carbocycles. The van der Waals surface area contributed by atoms with Crippen molar-refractivity contribution in [1.29, 1.82) is 0 Å². The molecule has 1 aliphatic heterocycles. The summed E-state index contributed by atoms with van der Waals surface area (Å²) < 4.78 is 0. The molecule has 2 aliphatic rings. The van der Waals surface area contributed by atoms with Gasteiger partial charge in [-0.3, -0.25) is 4.79 Å². The number of hydrogen-bond donors (Lipinski definition) is 1. The lowest BCUT2D eigenvalue weighted by Gasteiger charge is -2.21. The third-order valence-electron chi connectivity index (χ3n) is 3.53. The molecule has 2 rings (SSSR count). The molecule has 4 heteroatoms. The van der Waals surface area contributed by atoms with Gasteiger partial charge in [0.1, 0.15) is 0 Å². The highest BCUT2D eigenvalue weighted by atomic mass is 16.2. The maximum atomic E-state index is 11.4. The van der Waals surface area contributed by atoms with Crippen molar-refractivity contribution in [2.75, 3.05) is 33.2 Å². The normalized spacial score (nSPS) is 26.3. The van der Waals surface area contributed by atoms with Crippen LogP contribution in [-0.4, -0.2) is 55.0 Å². The van der Waals surface area contributed by atoms with Gasteiger partial charge in [0, 0.05) is 25.7 Å². The molecule has 0 aromatic carbocycles. The van der Waals surface area contributed by atoms with Crippen molar-refractivity contribution in [1.82, 2.24) is 9.80 Å². The van der Waals surface area contributed by atoms with Crippen LogP contribution in [0.3, 0.4) is 0 Å². The zero-order valence-electron chi connectivity index (χ0n) is 9.48. The Labute approximate surface area is 91.4 Å². The highest BCUT2D eigenvalue weighted by Gasteiger charge is 2.31. The van der Waals surface area contributed by atoms with Crippen LogP contribution in [0.5, 0.6) is 0 Å². The Balaban J connectivity index is 1.74. The lowest BCUT2D eigenvalue weighted by molar-refractivity contribution is -0.128. The van der Waals surface area contributed by atoms with E-state index in [0.29, 0.717) is 5.92 Å². The second-order valence-electron chi connectivity index (χ2n) is 4.87. The molecule has 0 radical (unpaired) electrons. The predicted molar refractivity (Wildman–Crippen MR) is 59.4 cm³/mol. The number of nitrogens with two attached hydrogens (primary N) is 1. The first-order valence-electron chi connectivity index (χ1n) is 5.88. The number of amides is 1. The Bertz CT molecular complexity index is 240. The molecule has 2 fully saturated rings. The standard InChI is InChI=1S/C11H21N3O/c1-13(10-2-3-10)7-9-4-5-14(8-9)11(15)6-12/h9-10H,2-8,12H2,1H3. The summed E-state index contributed by atoms with van der Waals surface area (Å²) in [5.74, 6) is 0.762. The van der Waals surface area contributed by atoms with Crippen LogP contribution in [0.25, 0.3) is 0 Å². The van der Waals surface area contributed by atoms with E-state index in [-0.39, 0.29) is 12.5 Å². The minimum atomic E-state index is 0.103. The molecule has 1 atom stereocenters. The minimum Gasteiger partial charge on any atom is -0.341 e. The molecule has 4 nitrogen and oxygen atoms in total. The van der Waals surface area contributed by atoms with Crippen LogP contribution in [-0.2, 0) is 4.79 Å². The minimum absolute atomic E-state index is 0.103. The van der Waals surface area contributed by atoms with E-state index in [4.69, 9.17) is 5.73 Å². The summed E-state index contributed by atoms with van der Waals surface area (Å²) >= 11 is 0. The summed E-state index contributed by atoms with van der Waals surface area (Å²) in [4.78, 5) is 15.7. The van der Waals surface area contributed by atoms with Crippen LogP contribution < -0.4 is 5.73 Å². The Morgan fingerprint density at radius 2 is 2.20 bits per heavy atom. The Kier molecular flexibility index (Phi) is 3.26. The second-order valence-corrected chi connectivity index (χ2v) is 4.87. The molecule has 15 heavy (non-hydrogen) atoms. The van der Waals surface area contributed by atoms with Gasteiger partial charge in [-0.25, -0.2) is 0 Å². The van der Waals surface area contributed by atoms with Gasteiger partial charge < -0.3 is 15.5 Å². The van der Waals surface area contributed by atoms with E-state index in [1.54, 1.807) is 0 Å². The third-order valence-corrected chi connectivity index (χ3v) is 3.53. The monoisotopic (exact) mass is 211 g/mol. The van der Waals surface area contributed by atoms with Gasteiger partial charge in [-0.15, -0.1) is 0 Å². The maximum absolute atomic E-state index is 11.4. The van der Waals surface area contributed by atoms with Crippen molar-refractivity contribution < 1.29 is 4.79 Å². The fourth-order valence-electron chi connectivity index (χ4n) is 2.41. The molecule has 2 N–H and O–H groups in total. The SMILES string of the molecule is CN(CC1CCN(C(=O)CN)C1)C1CC1. The van der Waals surface area contributed by atoms with Crippen molar-refractivity contribution in [3.63, 3.8) is 0 Å². The third kappa shape index (κ3) is 2.69. The summed E-state index contributed by atoms with van der Waals surface area (Å²) in [5, 5.41) is 0. The Morgan fingerprint density at radius 1 is 1.47 bits per heavy atom. The number of carbonyl (C=O) groups is 1. The first kappa shape index (κ1) is 10.9. The molecule has 86 valence electrons. The van der Waals surface area contributed by atoms with Gasteiger partial charge in [-0.05, 0) is 32.2 Å². The van der Waals surface area contributed by atoms with Crippen molar-refractivity contribution in [2.45, 2.75) is 25.3 Å². The summed E-state index contributed by atoms with van der Waals surface area (Å²) in [6.07, 6.45) is 3.85. The summed E-state index contributed by atoms with van der Waals surface area (Å²) in [6.45, 7) is 3.11. The molecular weight excluding hydrogens is 190 g/mol. The van der Waals surface area contributed by atoms with Crippen LogP contribution in [0, 0.1) is 5.92 Å². The van der Waals surface area contributed by atoms with Crippen LogP contribution in [0.1, 0.15) is 19.3 Å². The largest absolute Gasteiger partial charge is 0.341 e. The van der Waals surface area contributed by atoms with E-state index in [0.717, 1.165) is 32.1 Å². The van der Waals surface area contributed by atoms with Gasteiger partial charge >= 0.3 is 0 Å². The zero-order chi connectivity index (χ0) is 10.8. The van der Waals surface area contributed by atoms with Crippen LogP contribution in [0.15, 0.2) is 0 Å². The van der Waals surface area contributed by atoms with Crippen molar-refractivity contribution in [3.05, 3.63) is 0 Å². The number of rotatable bonds is 4. The van der Waals surface area contributed by atoms with Gasteiger partial charge in [-0.2, -0.15) is 0 Å². The van der Waals surface area contributed by atoms with E-state index in [1.807, 2.05) is 4.90 Å². The van der Waals surface area contributed by atoms with Gasteiger partial charge in [0.2, 0.25) is 5.91 Å². The van der Waals surface area contributed by atoms with Crippen LogP contribution in [0.4, 0.5) is 0 Å². The molecular formula is C11H21N3O. The van der Waals surface area contributed by atoms with Gasteiger partial charge in [0.05, 0.1) is 6.54 Å². The Morgan fingerprint density at radius 3 is 2.80 bits per heavy atom. The maximum Gasteiger partial charge on any atom is 0.236 e. The molecule has 1 aliphatic carbocycles. The molecule has 1 amide bonds. The summed E-state index contributed by atoms with van der Waals surface area (Å²) in [7, 11) is 2.20. The molecule has 1 heterocycles. The fourth-order valence-corrected chi connectivity index (χ4v) is 2.41. The molecule has 1 saturated heterocycles. The Hall–Kier alpha value is -0.610. The van der Waals surface area contributed by atoms with Crippen molar-refractivity contribution >= 4 is 5.91 Å². The van der Waals surface area contributed by atoms with E-state index >= 15 is 0 Å². The molecule has 0 aromatic heterocycles. The van der Waals surface area contributed by atoms with E-state index in [1.165, 1.54) is 12.8 Å². The molecule has 1 unspecified atom stereocenters. The van der Waals surface area contributed by atoms with Crippen molar-refractivity contribution in [3.8, 4) is 0 Å². The van der Waals surface area contributed by atoms with Crippen molar-refractivity contribution in [2.24, 2.45) is 11.7 Å². The van der Waals surface area contributed by atoms with Gasteiger partial charge in [-0.1, -0.05) is 0 Å². The quantitative estimate of drug-likeness (QED) is 0.706. The highest BCUT2D eigenvalue weighted by molar-refractivity contribution is 5.78. The van der Waals surface area contributed by atoms with Crippen LogP contribution >= 0.6 is 0 Å². The van der Waals surface area contributed by atoms with E-state index in [9.17, 15) is 4.79 Å². The predicted octanol–water partition coefficient (Wildman–Crippen LogP) is -0.112. The first-order chi connectivity index (χ1) is 7.20. The smallest absolute Gasteiger partial charge is 0.236 e. The van der Waals surface area contributed by atoms with Crippen LogP contribution in [0.2, 0.25) is 0 Å².